The van der Waals surface area contributed by atoms with Crippen LogP contribution in [0.15, 0.2) is 27.9 Å². The molecule has 0 aliphatic carbocycles. The molecular formula is C11H16N2O3. The third-order valence-corrected chi connectivity index (χ3v) is 1.78. The summed E-state index contributed by atoms with van der Waals surface area (Å²) in [6.07, 6.45) is 1.81. The lowest BCUT2D eigenvalue weighted by Gasteiger charge is -2.15. The van der Waals surface area contributed by atoms with Crippen LogP contribution in [0.1, 0.15) is 37.7 Å². The topological polar surface area (TPSA) is 74.8 Å². The van der Waals surface area contributed by atoms with Crippen LogP contribution in [0.3, 0.4) is 0 Å². The van der Waals surface area contributed by atoms with Gasteiger partial charge in [-0.25, -0.2) is 5.43 Å². The quantitative estimate of drug-likeness (QED) is 0.601. The molecule has 0 bridgehead atoms. The van der Waals surface area contributed by atoms with Crippen LogP contribution < -0.4 is 5.43 Å². The minimum Gasteiger partial charge on any atom is -0.459 e. The molecule has 1 aromatic rings. The fourth-order valence-electron chi connectivity index (χ4n) is 1.27. The molecule has 16 heavy (non-hydrogen) atoms. The van der Waals surface area contributed by atoms with E-state index in [1.165, 1.54) is 6.26 Å². The standard InChI is InChI=1S/C11H16N2O3/c1-8(7-11(2,3)15)12-13-10(14)9-5-4-6-16-9/h4-6,15H,7H2,1-3H3,(H,13,14)/b12-8+. The van der Waals surface area contributed by atoms with Crippen molar-refractivity contribution in [1.29, 1.82) is 0 Å². The summed E-state index contributed by atoms with van der Waals surface area (Å²) >= 11 is 0. The van der Waals surface area contributed by atoms with Gasteiger partial charge in [0.25, 0.3) is 0 Å². The van der Waals surface area contributed by atoms with Gasteiger partial charge in [-0.2, -0.15) is 5.10 Å². The summed E-state index contributed by atoms with van der Waals surface area (Å²) in [5.74, 6) is -0.195. The maximum absolute atomic E-state index is 11.4. The van der Waals surface area contributed by atoms with E-state index in [9.17, 15) is 9.90 Å². The molecule has 0 unspecified atom stereocenters. The number of furan rings is 1. The van der Waals surface area contributed by atoms with Gasteiger partial charge >= 0.3 is 5.91 Å². The van der Waals surface area contributed by atoms with Gasteiger partial charge in [0.1, 0.15) is 0 Å². The highest BCUT2D eigenvalue weighted by Crippen LogP contribution is 2.08. The van der Waals surface area contributed by atoms with Gasteiger partial charge in [0.2, 0.25) is 0 Å². The van der Waals surface area contributed by atoms with Crippen molar-refractivity contribution < 1.29 is 14.3 Å². The molecule has 1 amide bonds. The van der Waals surface area contributed by atoms with Gasteiger partial charge < -0.3 is 9.52 Å². The van der Waals surface area contributed by atoms with Gasteiger partial charge in [0.15, 0.2) is 5.76 Å². The molecule has 0 saturated heterocycles. The minimum absolute atomic E-state index is 0.208. The van der Waals surface area contributed by atoms with Gasteiger partial charge in [0.05, 0.1) is 11.9 Å². The molecular weight excluding hydrogens is 208 g/mol. The third kappa shape index (κ3) is 4.27. The Labute approximate surface area is 94.2 Å². The summed E-state index contributed by atoms with van der Waals surface area (Å²) in [6.45, 7) is 5.10. The fourth-order valence-corrected chi connectivity index (χ4v) is 1.27. The van der Waals surface area contributed by atoms with Crippen LogP contribution in [0.2, 0.25) is 0 Å². The smallest absolute Gasteiger partial charge is 0.307 e. The first-order chi connectivity index (χ1) is 7.38. The van der Waals surface area contributed by atoms with Crippen LogP contribution in [-0.4, -0.2) is 22.3 Å². The van der Waals surface area contributed by atoms with Crippen molar-refractivity contribution in [2.45, 2.75) is 32.8 Å². The molecule has 0 aromatic carbocycles. The van der Waals surface area contributed by atoms with Crippen molar-refractivity contribution in [3.8, 4) is 0 Å². The molecule has 88 valence electrons. The van der Waals surface area contributed by atoms with Crippen molar-refractivity contribution in [1.82, 2.24) is 5.43 Å². The second-order valence-electron chi connectivity index (χ2n) is 4.25. The number of nitrogens with zero attached hydrogens (tertiary/aromatic N) is 1. The van der Waals surface area contributed by atoms with Crippen LogP contribution in [0.5, 0.6) is 0 Å². The number of hydrogen-bond acceptors (Lipinski definition) is 4. The number of carbonyl (C=O) groups is 1. The number of hydrogen-bond donors (Lipinski definition) is 2. The highest BCUT2D eigenvalue weighted by molar-refractivity contribution is 5.92. The highest BCUT2D eigenvalue weighted by atomic mass is 16.3. The van der Waals surface area contributed by atoms with Crippen molar-refractivity contribution >= 4 is 11.6 Å². The molecule has 0 aliphatic heterocycles. The lowest BCUT2D eigenvalue weighted by atomic mass is 10.0. The average Bonchev–Trinajstić information content (AvgIpc) is 2.64. The van der Waals surface area contributed by atoms with Gasteiger partial charge in [-0.1, -0.05) is 0 Å². The number of carbonyl (C=O) groups excluding carboxylic acids is 1. The van der Waals surface area contributed by atoms with Crippen molar-refractivity contribution in [2.24, 2.45) is 5.10 Å². The first kappa shape index (κ1) is 12.4. The number of amides is 1. The number of nitrogens with one attached hydrogen (secondary N) is 1. The molecule has 0 saturated carbocycles. The number of hydrazone groups is 1. The lowest BCUT2D eigenvalue weighted by Crippen LogP contribution is -2.25. The Bertz CT molecular complexity index is 374. The summed E-state index contributed by atoms with van der Waals surface area (Å²) in [4.78, 5) is 11.4. The monoisotopic (exact) mass is 224 g/mol. The van der Waals surface area contributed by atoms with E-state index in [2.05, 4.69) is 10.5 Å². The Morgan fingerprint density at radius 1 is 1.62 bits per heavy atom. The Morgan fingerprint density at radius 2 is 2.31 bits per heavy atom. The summed E-state index contributed by atoms with van der Waals surface area (Å²) in [5, 5.41) is 13.4. The summed E-state index contributed by atoms with van der Waals surface area (Å²) < 4.78 is 4.90. The van der Waals surface area contributed by atoms with Crippen LogP contribution in [-0.2, 0) is 0 Å². The van der Waals surface area contributed by atoms with E-state index in [4.69, 9.17) is 4.42 Å². The van der Waals surface area contributed by atoms with Crippen LogP contribution in [0, 0.1) is 0 Å². The molecule has 1 heterocycles. The van der Waals surface area contributed by atoms with Crippen LogP contribution in [0.25, 0.3) is 0 Å². The van der Waals surface area contributed by atoms with E-state index in [-0.39, 0.29) is 5.76 Å². The molecule has 0 spiro atoms. The van der Waals surface area contributed by atoms with Gasteiger partial charge in [-0.3, -0.25) is 4.79 Å². The van der Waals surface area contributed by atoms with Crippen LogP contribution >= 0.6 is 0 Å². The molecule has 0 radical (unpaired) electrons. The molecule has 2 N–H and O–H groups in total. The zero-order valence-corrected chi connectivity index (χ0v) is 9.65. The molecule has 0 atom stereocenters. The van der Waals surface area contributed by atoms with E-state index in [1.807, 2.05) is 0 Å². The Morgan fingerprint density at radius 3 is 2.81 bits per heavy atom. The molecule has 5 heteroatoms. The van der Waals surface area contributed by atoms with Crippen molar-refractivity contribution in [3.63, 3.8) is 0 Å². The molecule has 0 aliphatic rings. The number of aliphatic hydroxyl groups is 1. The van der Waals surface area contributed by atoms with E-state index in [1.54, 1.807) is 32.9 Å². The Balaban J connectivity index is 2.50. The largest absolute Gasteiger partial charge is 0.459 e. The normalized spacial score (nSPS) is 12.6. The Hall–Kier alpha value is -1.62. The molecule has 5 nitrogen and oxygen atoms in total. The zero-order chi connectivity index (χ0) is 12.2. The molecule has 1 rings (SSSR count). The molecule has 1 aromatic heterocycles. The highest BCUT2D eigenvalue weighted by Gasteiger charge is 2.14. The second kappa shape index (κ2) is 4.94. The summed E-state index contributed by atoms with van der Waals surface area (Å²) in [7, 11) is 0. The van der Waals surface area contributed by atoms with Gasteiger partial charge in [0, 0.05) is 12.1 Å². The minimum atomic E-state index is -0.830. The van der Waals surface area contributed by atoms with E-state index < -0.39 is 11.5 Å². The van der Waals surface area contributed by atoms with Gasteiger partial charge in [-0.15, -0.1) is 0 Å². The van der Waals surface area contributed by atoms with E-state index in [0.29, 0.717) is 12.1 Å². The average molecular weight is 224 g/mol. The van der Waals surface area contributed by atoms with E-state index in [0.717, 1.165) is 0 Å². The lowest BCUT2D eigenvalue weighted by molar-refractivity contribution is 0.0871. The number of rotatable bonds is 4. The SMILES string of the molecule is C/C(CC(C)(C)O)=N\NC(=O)c1ccco1. The first-order valence-electron chi connectivity index (χ1n) is 4.98. The maximum Gasteiger partial charge on any atom is 0.307 e. The predicted octanol–water partition coefficient (Wildman–Crippen LogP) is 1.55. The Kier molecular flexibility index (Phi) is 3.84. The second-order valence-corrected chi connectivity index (χ2v) is 4.25. The third-order valence-electron chi connectivity index (χ3n) is 1.78. The van der Waals surface area contributed by atoms with Crippen LogP contribution in [0.4, 0.5) is 0 Å². The first-order valence-corrected chi connectivity index (χ1v) is 4.98. The van der Waals surface area contributed by atoms with Gasteiger partial charge in [-0.05, 0) is 32.9 Å². The van der Waals surface area contributed by atoms with Crippen molar-refractivity contribution in [2.75, 3.05) is 0 Å². The molecule has 0 fully saturated rings. The zero-order valence-electron chi connectivity index (χ0n) is 9.65. The summed E-state index contributed by atoms with van der Waals surface area (Å²) in [6, 6.07) is 3.18. The fraction of sp³-hybridized carbons (Fsp3) is 0.455. The summed E-state index contributed by atoms with van der Waals surface area (Å²) in [5.41, 5.74) is 2.17. The van der Waals surface area contributed by atoms with E-state index >= 15 is 0 Å². The predicted molar refractivity (Wildman–Crippen MR) is 60.2 cm³/mol. The maximum atomic E-state index is 11.4. The van der Waals surface area contributed by atoms with Crippen molar-refractivity contribution in [3.05, 3.63) is 24.2 Å².